The van der Waals surface area contributed by atoms with Crippen LogP contribution in [0.5, 0.6) is 11.5 Å². The second kappa shape index (κ2) is 7.83. The van der Waals surface area contributed by atoms with E-state index in [1.165, 1.54) is 6.07 Å². The van der Waals surface area contributed by atoms with E-state index in [9.17, 15) is 4.39 Å². The zero-order chi connectivity index (χ0) is 19.7. The summed E-state index contributed by atoms with van der Waals surface area (Å²) in [4.78, 5) is 0. The Morgan fingerprint density at radius 3 is 2.50 bits per heavy atom. The molecule has 1 aliphatic carbocycles. The van der Waals surface area contributed by atoms with Crippen molar-refractivity contribution in [3.63, 3.8) is 0 Å². The average Bonchev–Trinajstić information content (AvgIpc) is 3.46. The Bertz CT molecular complexity index is 1000. The first-order chi connectivity index (χ1) is 13.6. The molecule has 1 saturated carbocycles. The summed E-state index contributed by atoms with van der Waals surface area (Å²) in [7, 11) is 3.27. The fourth-order valence-electron chi connectivity index (χ4n) is 3.18. The lowest BCUT2D eigenvalue weighted by Crippen LogP contribution is -2.01. The van der Waals surface area contributed by atoms with E-state index < -0.39 is 0 Å². The Kier molecular flexibility index (Phi) is 5.26. The van der Waals surface area contributed by atoms with Crippen LogP contribution in [-0.2, 0) is 5.75 Å². The number of ether oxygens (including phenoxy) is 2. The molecule has 4 rings (SSSR count). The van der Waals surface area contributed by atoms with E-state index in [-0.39, 0.29) is 5.82 Å². The minimum atomic E-state index is -0.274. The predicted octanol–water partition coefficient (Wildman–Crippen LogP) is 5.04. The Balaban J connectivity index is 1.62. The summed E-state index contributed by atoms with van der Waals surface area (Å²) in [6.45, 7) is 2.05. The standard InChI is InChI=1S/C21H22FN3O2S/c1-13-10-18(26-2)19(27-3)11-14(13)12-28-21-24-23-20(25(21)15-8-9-15)16-6-4-5-7-17(16)22/h4-7,10-11,15H,8-9,12H2,1-3H3. The maximum absolute atomic E-state index is 14.3. The van der Waals surface area contributed by atoms with Gasteiger partial charge in [-0.05, 0) is 55.2 Å². The molecule has 0 N–H and O–H groups in total. The van der Waals surface area contributed by atoms with E-state index >= 15 is 0 Å². The van der Waals surface area contributed by atoms with Crippen molar-refractivity contribution < 1.29 is 13.9 Å². The van der Waals surface area contributed by atoms with Crippen molar-refractivity contribution >= 4 is 11.8 Å². The van der Waals surface area contributed by atoms with Crippen molar-refractivity contribution in [1.82, 2.24) is 14.8 Å². The molecule has 0 saturated heterocycles. The number of benzene rings is 2. The van der Waals surface area contributed by atoms with Gasteiger partial charge in [0.25, 0.3) is 0 Å². The fourth-order valence-corrected chi connectivity index (χ4v) is 4.25. The van der Waals surface area contributed by atoms with E-state index in [0.29, 0.717) is 28.9 Å². The zero-order valence-electron chi connectivity index (χ0n) is 16.1. The number of halogens is 1. The van der Waals surface area contributed by atoms with Crippen LogP contribution in [0, 0.1) is 12.7 Å². The van der Waals surface area contributed by atoms with E-state index in [0.717, 1.165) is 34.9 Å². The molecule has 2 aromatic carbocycles. The molecule has 0 atom stereocenters. The molecule has 0 spiro atoms. The van der Waals surface area contributed by atoms with Crippen LogP contribution in [0.1, 0.15) is 30.0 Å². The predicted molar refractivity (Wildman–Crippen MR) is 108 cm³/mol. The molecule has 1 fully saturated rings. The minimum absolute atomic E-state index is 0.274. The van der Waals surface area contributed by atoms with Gasteiger partial charge in [0.2, 0.25) is 0 Å². The lowest BCUT2D eigenvalue weighted by molar-refractivity contribution is 0.354. The SMILES string of the molecule is COc1cc(C)c(CSc2nnc(-c3ccccc3F)n2C2CC2)cc1OC. The largest absolute Gasteiger partial charge is 0.493 e. The number of aromatic nitrogens is 3. The molecule has 0 aliphatic heterocycles. The molecule has 1 heterocycles. The Morgan fingerprint density at radius 2 is 1.82 bits per heavy atom. The highest BCUT2D eigenvalue weighted by Gasteiger charge is 2.31. The van der Waals surface area contributed by atoms with Gasteiger partial charge < -0.3 is 9.47 Å². The van der Waals surface area contributed by atoms with Crippen molar-refractivity contribution in [2.75, 3.05) is 14.2 Å². The van der Waals surface area contributed by atoms with E-state index in [4.69, 9.17) is 9.47 Å². The highest BCUT2D eigenvalue weighted by molar-refractivity contribution is 7.98. The number of thioether (sulfide) groups is 1. The molecule has 5 nitrogen and oxygen atoms in total. The van der Waals surface area contributed by atoms with Crippen molar-refractivity contribution in [2.45, 2.75) is 36.7 Å². The number of aryl methyl sites for hydroxylation is 1. The third-order valence-electron chi connectivity index (χ3n) is 4.89. The molecule has 7 heteroatoms. The van der Waals surface area contributed by atoms with Gasteiger partial charge in [-0.2, -0.15) is 0 Å². The first-order valence-electron chi connectivity index (χ1n) is 9.16. The van der Waals surface area contributed by atoms with Crippen molar-refractivity contribution in [2.24, 2.45) is 0 Å². The van der Waals surface area contributed by atoms with Gasteiger partial charge in [-0.3, -0.25) is 4.57 Å². The summed E-state index contributed by atoms with van der Waals surface area (Å²) in [6, 6.07) is 11.0. The van der Waals surface area contributed by atoms with Crippen LogP contribution in [0.4, 0.5) is 4.39 Å². The highest BCUT2D eigenvalue weighted by atomic mass is 32.2. The van der Waals surface area contributed by atoms with Crippen LogP contribution in [0.15, 0.2) is 41.6 Å². The van der Waals surface area contributed by atoms with Gasteiger partial charge in [0, 0.05) is 11.8 Å². The molecule has 0 unspecified atom stereocenters. The van der Waals surface area contributed by atoms with Crippen LogP contribution < -0.4 is 9.47 Å². The third-order valence-corrected chi connectivity index (χ3v) is 5.88. The molecule has 3 aromatic rings. The maximum Gasteiger partial charge on any atom is 0.192 e. The molecular formula is C21H22FN3O2S. The van der Waals surface area contributed by atoms with Crippen LogP contribution >= 0.6 is 11.8 Å². The van der Waals surface area contributed by atoms with E-state index in [2.05, 4.69) is 14.8 Å². The molecule has 0 radical (unpaired) electrons. The van der Waals surface area contributed by atoms with Crippen LogP contribution in [0.25, 0.3) is 11.4 Å². The van der Waals surface area contributed by atoms with E-state index in [1.54, 1.807) is 38.1 Å². The highest BCUT2D eigenvalue weighted by Crippen LogP contribution is 2.42. The van der Waals surface area contributed by atoms with Crippen LogP contribution in [-0.4, -0.2) is 29.0 Å². The first kappa shape index (κ1) is 18.8. The second-order valence-electron chi connectivity index (χ2n) is 6.81. The molecule has 1 aliphatic rings. The van der Waals surface area contributed by atoms with Gasteiger partial charge in [0.1, 0.15) is 5.82 Å². The number of nitrogens with zero attached hydrogens (tertiary/aromatic N) is 3. The third kappa shape index (κ3) is 3.58. The number of hydrogen-bond donors (Lipinski definition) is 0. The van der Waals surface area contributed by atoms with E-state index in [1.807, 2.05) is 25.1 Å². The number of hydrogen-bond acceptors (Lipinski definition) is 5. The summed E-state index contributed by atoms with van der Waals surface area (Å²) >= 11 is 1.61. The van der Waals surface area contributed by atoms with Crippen molar-refractivity contribution in [1.29, 1.82) is 0 Å². The Morgan fingerprint density at radius 1 is 1.11 bits per heavy atom. The Labute approximate surface area is 167 Å². The Hall–Kier alpha value is -2.54. The molecule has 1 aromatic heterocycles. The maximum atomic E-state index is 14.3. The zero-order valence-corrected chi connectivity index (χ0v) is 16.9. The average molecular weight is 399 g/mol. The summed E-state index contributed by atoms with van der Waals surface area (Å²) in [5.74, 6) is 2.47. The molecule has 0 bridgehead atoms. The molecular weight excluding hydrogens is 377 g/mol. The second-order valence-corrected chi connectivity index (χ2v) is 7.75. The summed E-state index contributed by atoms with van der Waals surface area (Å²) in [5.41, 5.74) is 2.76. The summed E-state index contributed by atoms with van der Waals surface area (Å²) < 4.78 is 27.2. The van der Waals surface area contributed by atoms with Gasteiger partial charge >= 0.3 is 0 Å². The van der Waals surface area contributed by atoms with Gasteiger partial charge in [0.05, 0.1) is 19.8 Å². The van der Waals surface area contributed by atoms with Crippen LogP contribution in [0.3, 0.4) is 0 Å². The lowest BCUT2D eigenvalue weighted by Gasteiger charge is -2.13. The quantitative estimate of drug-likeness (QED) is 0.521. The summed E-state index contributed by atoms with van der Waals surface area (Å²) in [5, 5.41) is 9.50. The van der Waals surface area contributed by atoms with Crippen LogP contribution in [0.2, 0.25) is 0 Å². The molecule has 28 heavy (non-hydrogen) atoms. The van der Waals surface area contributed by atoms with Gasteiger partial charge in [-0.1, -0.05) is 23.9 Å². The number of rotatable bonds is 7. The van der Waals surface area contributed by atoms with Gasteiger partial charge in [0.15, 0.2) is 22.5 Å². The fraction of sp³-hybridized carbons (Fsp3) is 0.333. The smallest absolute Gasteiger partial charge is 0.192 e. The molecule has 0 amide bonds. The number of methoxy groups -OCH3 is 2. The molecule has 146 valence electrons. The van der Waals surface area contributed by atoms with Crippen molar-refractivity contribution in [3.8, 4) is 22.9 Å². The normalized spacial score (nSPS) is 13.6. The topological polar surface area (TPSA) is 49.2 Å². The van der Waals surface area contributed by atoms with Gasteiger partial charge in [-0.15, -0.1) is 10.2 Å². The monoisotopic (exact) mass is 399 g/mol. The first-order valence-corrected chi connectivity index (χ1v) is 10.1. The van der Waals surface area contributed by atoms with Gasteiger partial charge in [-0.25, -0.2) is 4.39 Å². The summed E-state index contributed by atoms with van der Waals surface area (Å²) in [6.07, 6.45) is 2.14. The lowest BCUT2D eigenvalue weighted by atomic mass is 10.1. The van der Waals surface area contributed by atoms with Crippen molar-refractivity contribution in [3.05, 3.63) is 53.3 Å². The minimum Gasteiger partial charge on any atom is -0.493 e.